The van der Waals surface area contributed by atoms with E-state index in [1.807, 2.05) is 0 Å². The van der Waals surface area contributed by atoms with E-state index in [0.717, 1.165) is 12.5 Å². The zero-order valence-corrected chi connectivity index (χ0v) is 7.72. The van der Waals surface area contributed by atoms with Gasteiger partial charge in [-0.1, -0.05) is 0 Å². The Balaban J connectivity index is 1.69. The standard InChI is InChI=1S/C10H19NO/c1-3-9(8-11-5-1)7-10-4-2-6-12-10/h9-11H,1-8H2/t9-,10+/m0/s1. The van der Waals surface area contributed by atoms with Gasteiger partial charge in [0, 0.05) is 6.61 Å². The predicted molar refractivity (Wildman–Crippen MR) is 49.2 cm³/mol. The molecule has 70 valence electrons. The summed E-state index contributed by atoms with van der Waals surface area (Å²) in [6, 6.07) is 0. The summed E-state index contributed by atoms with van der Waals surface area (Å²) >= 11 is 0. The Bertz CT molecular complexity index is 126. The minimum atomic E-state index is 0.592. The lowest BCUT2D eigenvalue weighted by Crippen LogP contribution is -2.31. The van der Waals surface area contributed by atoms with Crippen molar-refractivity contribution in [1.29, 1.82) is 0 Å². The first-order valence-corrected chi connectivity index (χ1v) is 5.27. The van der Waals surface area contributed by atoms with Crippen LogP contribution in [0.4, 0.5) is 0 Å². The number of hydrogen-bond acceptors (Lipinski definition) is 2. The van der Waals surface area contributed by atoms with E-state index in [4.69, 9.17) is 4.74 Å². The molecule has 12 heavy (non-hydrogen) atoms. The van der Waals surface area contributed by atoms with Gasteiger partial charge in [-0.05, 0) is 51.1 Å². The Kier molecular flexibility index (Phi) is 3.01. The highest BCUT2D eigenvalue weighted by atomic mass is 16.5. The fourth-order valence-corrected chi connectivity index (χ4v) is 2.33. The Labute approximate surface area is 74.7 Å². The van der Waals surface area contributed by atoms with Crippen molar-refractivity contribution in [3.05, 3.63) is 0 Å². The van der Waals surface area contributed by atoms with Gasteiger partial charge in [0.25, 0.3) is 0 Å². The van der Waals surface area contributed by atoms with Crippen LogP contribution in [0.15, 0.2) is 0 Å². The second-order valence-electron chi connectivity index (χ2n) is 4.08. The Morgan fingerprint density at radius 1 is 1.25 bits per heavy atom. The molecule has 2 aliphatic rings. The second kappa shape index (κ2) is 4.24. The minimum Gasteiger partial charge on any atom is -0.378 e. The van der Waals surface area contributed by atoms with Gasteiger partial charge in [0.1, 0.15) is 0 Å². The zero-order chi connectivity index (χ0) is 8.23. The van der Waals surface area contributed by atoms with Crippen molar-refractivity contribution >= 4 is 0 Å². The fourth-order valence-electron chi connectivity index (χ4n) is 2.33. The third-order valence-electron chi connectivity index (χ3n) is 3.02. The van der Waals surface area contributed by atoms with Gasteiger partial charge < -0.3 is 10.1 Å². The number of hydrogen-bond donors (Lipinski definition) is 1. The van der Waals surface area contributed by atoms with Crippen molar-refractivity contribution in [1.82, 2.24) is 5.32 Å². The molecule has 0 aromatic heterocycles. The first-order chi connectivity index (χ1) is 5.95. The van der Waals surface area contributed by atoms with Crippen molar-refractivity contribution in [2.75, 3.05) is 19.7 Å². The van der Waals surface area contributed by atoms with Gasteiger partial charge in [0.2, 0.25) is 0 Å². The third kappa shape index (κ3) is 2.20. The minimum absolute atomic E-state index is 0.592. The van der Waals surface area contributed by atoms with Crippen molar-refractivity contribution < 1.29 is 4.74 Å². The van der Waals surface area contributed by atoms with Crippen LogP contribution < -0.4 is 5.32 Å². The molecule has 0 spiro atoms. The average Bonchev–Trinajstić information content (AvgIpc) is 2.59. The van der Waals surface area contributed by atoms with Crippen LogP contribution in [0.1, 0.15) is 32.1 Å². The maximum atomic E-state index is 5.63. The highest BCUT2D eigenvalue weighted by molar-refractivity contribution is 4.75. The van der Waals surface area contributed by atoms with E-state index in [9.17, 15) is 0 Å². The van der Waals surface area contributed by atoms with Gasteiger partial charge >= 0.3 is 0 Å². The predicted octanol–water partition coefficient (Wildman–Crippen LogP) is 1.56. The lowest BCUT2D eigenvalue weighted by atomic mass is 9.93. The molecular formula is C10H19NO. The van der Waals surface area contributed by atoms with Crippen molar-refractivity contribution in [2.45, 2.75) is 38.2 Å². The summed E-state index contributed by atoms with van der Waals surface area (Å²) in [4.78, 5) is 0. The Morgan fingerprint density at radius 3 is 2.92 bits per heavy atom. The average molecular weight is 169 g/mol. The Morgan fingerprint density at radius 2 is 2.25 bits per heavy atom. The molecule has 2 heteroatoms. The smallest absolute Gasteiger partial charge is 0.0579 e. The number of piperidine rings is 1. The number of nitrogens with one attached hydrogen (secondary N) is 1. The normalized spacial score (nSPS) is 37.0. The fraction of sp³-hybridized carbons (Fsp3) is 1.00. The van der Waals surface area contributed by atoms with E-state index < -0.39 is 0 Å². The van der Waals surface area contributed by atoms with Crippen LogP contribution in [0, 0.1) is 5.92 Å². The summed E-state index contributed by atoms with van der Waals surface area (Å²) in [7, 11) is 0. The molecule has 0 unspecified atom stereocenters. The molecule has 0 aliphatic carbocycles. The lowest BCUT2D eigenvalue weighted by molar-refractivity contribution is 0.0853. The molecule has 0 radical (unpaired) electrons. The van der Waals surface area contributed by atoms with Gasteiger partial charge in [-0.15, -0.1) is 0 Å². The van der Waals surface area contributed by atoms with Crippen LogP contribution in [-0.4, -0.2) is 25.8 Å². The summed E-state index contributed by atoms with van der Waals surface area (Å²) in [5, 5.41) is 3.45. The molecule has 0 amide bonds. The van der Waals surface area contributed by atoms with E-state index in [1.54, 1.807) is 0 Å². The first-order valence-electron chi connectivity index (χ1n) is 5.27. The molecule has 0 saturated carbocycles. The van der Waals surface area contributed by atoms with Gasteiger partial charge in [0.15, 0.2) is 0 Å². The molecular weight excluding hydrogens is 150 g/mol. The highest BCUT2D eigenvalue weighted by Crippen LogP contribution is 2.23. The van der Waals surface area contributed by atoms with Crippen LogP contribution in [-0.2, 0) is 4.74 Å². The molecule has 2 atom stereocenters. The zero-order valence-electron chi connectivity index (χ0n) is 7.72. The first kappa shape index (κ1) is 8.52. The van der Waals surface area contributed by atoms with E-state index in [0.29, 0.717) is 6.10 Å². The topological polar surface area (TPSA) is 21.3 Å². The number of rotatable bonds is 2. The van der Waals surface area contributed by atoms with Crippen LogP contribution >= 0.6 is 0 Å². The molecule has 0 aromatic carbocycles. The molecule has 0 aromatic rings. The summed E-state index contributed by atoms with van der Waals surface area (Å²) in [5.41, 5.74) is 0. The molecule has 2 heterocycles. The largest absolute Gasteiger partial charge is 0.378 e. The summed E-state index contributed by atoms with van der Waals surface area (Å²) in [6.45, 7) is 3.45. The van der Waals surface area contributed by atoms with Crippen molar-refractivity contribution in [2.24, 2.45) is 5.92 Å². The Hall–Kier alpha value is -0.0800. The van der Waals surface area contributed by atoms with Crippen molar-refractivity contribution in [3.63, 3.8) is 0 Å². The molecule has 2 fully saturated rings. The molecule has 2 rings (SSSR count). The second-order valence-corrected chi connectivity index (χ2v) is 4.08. The quantitative estimate of drug-likeness (QED) is 0.677. The SMILES string of the molecule is C1CNC[C@H](C[C@H]2CCCO2)C1. The maximum absolute atomic E-state index is 5.63. The van der Waals surface area contributed by atoms with Crippen LogP contribution in [0.25, 0.3) is 0 Å². The molecule has 1 N–H and O–H groups in total. The molecule has 2 saturated heterocycles. The van der Waals surface area contributed by atoms with Gasteiger partial charge in [-0.2, -0.15) is 0 Å². The monoisotopic (exact) mass is 169 g/mol. The van der Waals surface area contributed by atoms with Gasteiger partial charge in [-0.25, -0.2) is 0 Å². The van der Waals surface area contributed by atoms with Crippen LogP contribution in [0.2, 0.25) is 0 Å². The van der Waals surface area contributed by atoms with E-state index in [2.05, 4.69) is 5.32 Å². The van der Waals surface area contributed by atoms with Crippen LogP contribution in [0.3, 0.4) is 0 Å². The molecule has 2 nitrogen and oxygen atoms in total. The maximum Gasteiger partial charge on any atom is 0.0579 e. The number of ether oxygens (including phenoxy) is 1. The molecule has 2 aliphatic heterocycles. The molecule has 0 bridgehead atoms. The van der Waals surface area contributed by atoms with Crippen LogP contribution in [0.5, 0.6) is 0 Å². The van der Waals surface area contributed by atoms with E-state index in [1.165, 1.54) is 45.2 Å². The van der Waals surface area contributed by atoms with Gasteiger partial charge in [-0.3, -0.25) is 0 Å². The third-order valence-corrected chi connectivity index (χ3v) is 3.02. The van der Waals surface area contributed by atoms with Crippen molar-refractivity contribution in [3.8, 4) is 0 Å². The van der Waals surface area contributed by atoms with E-state index >= 15 is 0 Å². The van der Waals surface area contributed by atoms with E-state index in [-0.39, 0.29) is 0 Å². The summed E-state index contributed by atoms with van der Waals surface area (Å²) in [5.74, 6) is 0.891. The lowest BCUT2D eigenvalue weighted by Gasteiger charge is -2.24. The highest BCUT2D eigenvalue weighted by Gasteiger charge is 2.21. The summed E-state index contributed by atoms with van der Waals surface area (Å²) in [6.07, 6.45) is 7.24. The van der Waals surface area contributed by atoms with Gasteiger partial charge in [0.05, 0.1) is 6.10 Å². The summed E-state index contributed by atoms with van der Waals surface area (Å²) < 4.78 is 5.63.